The molecule has 0 saturated carbocycles. The van der Waals surface area contributed by atoms with Crippen molar-refractivity contribution in [1.82, 2.24) is 10.1 Å². The maximum absolute atomic E-state index is 12.6. The van der Waals surface area contributed by atoms with Crippen LogP contribution < -0.4 is 23.7 Å². The van der Waals surface area contributed by atoms with E-state index in [0.717, 1.165) is 0 Å². The van der Waals surface area contributed by atoms with Crippen LogP contribution in [0.5, 0.6) is 28.7 Å². The van der Waals surface area contributed by atoms with Gasteiger partial charge in [-0.2, -0.15) is 13.8 Å². The molecule has 0 unspecified atom stereocenters. The first-order valence-corrected chi connectivity index (χ1v) is 9.33. The molecule has 176 valence electrons. The van der Waals surface area contributed by atoms with E-state index in [1.807, 2.05) is 0 Å². The summed E-state index contributed by atoms with van der Waals surface area (Å²) in [6, 6.07) is 7.16. The van der Waals surface area contributed by atoms with Crippen molar-refractivity contribution in [2.75, 3.05) is 28.4 Å². The van der Waals surface area contributed by atoms with E-state index in [1.54, 1.807) is 0 Å². The van der Waals surface area contributed by atoms with E-state index in [4.69, 9.17) is 28.2 Å². The van der Waals surface area contributed by atoms with Crippen LogP contribution in [0.15, 0.2) is 34.9 Å². The molecule has 2 aromatic carbocycles. The van der Waals surface area contributed by atoms with Gasteiger partial charge < -0.3 is 32.9 Å². The average molecular weight is 466 g/mol. The fourth-order valence-electron chi connectivity index (χ4n) is 2.90. The lowest BCUT2D eigenvalue weighted by molar-refractivity contribution is -0.0512. The number of rotatable bonds is 10. The summed E-state index contributed by atoms with van der Waals surface area (Å²) in [6.45, 7) is -3.33. The third-order valence-corrected chi connectivity index (χ3v) is 4.36. The Morgan fingerprint density at radius 3 is 2.27 bits per heavy atom. The van der Waals surface area contributed by atoms with Gasteiger partial charge in [0.2, 0.25) is 11.6 Å². The number of aromatic nitrogens is 2. The number of halogens is 2. The van der Waals surface area contributed by atoms with Gasteiger partial charge in [0.25, 0.3) is 5.89 Å². The van der Waals surface area contributed by atoms with E-state index in [-0.39, 0.29) is 46.9 Å². The van der Waals surface area contributed by atoms with Gasteiger partial charge in [-0.1, -0.05) is 5.16 Å². The Hall–Kier alpha value is -4.09. The largest absolute Gasteiger partial charge is 0.493 e. The maximum Gasteiger partial charge on any atom is 0.387 e. The molecule has 0 radical (unpaired) electrons. The smallest absolute Gasteiger partial charge is 0.387 e. The normalized spacial score (nSPS) is 10.6. The van der Waals surface area contributed by atoms with Gasteiger partial charge in [0.05, 0.1) is 28.4 Å². The number of alkyl halides is 2. The van der Waals surface area contributed by atoms with Crippen LogP contribution in [0.4, 0.5) is 8.78 Å². The molecule has 0 bridgehead atoms. The summed E-state index contributed by atoms with van der Waals surface area (Å²) in [4.78, 5) is 16.7. The summed E-state index contributed by atoms with van der Waals surface area (Å²) in [5.41, 5.74) is 0.519. The molecule has 3 aromatic rings. The average Bonchev–Trinajstić information content (AvgIpc) is 3.30. The zero-order valence-electron chi connectivity index (χ0n) is 18.1. The van der Waals surface area contributed by atoms with E-state index < -0.39 is 12.6 Å². The van der Waals surface area contributed by atoms with Gasteiger partial charge in [-0.05, 0) is 30.3 Å². The van der Waals surface area contributed by atoms with Crippen LogP contribution in [-0.4, -0.2) is 51.2 Å². The third-order valence-electron chi connectivity index (χ3n) is 4.36. The molecule has 0 atom stereocenters. The Bertz CT molecular complexity index is 1120. The number of carbonyl (C=O) groups is 1. The predicted octanol–water partition coefficient (Wildman–Crippen LogP) is 3.73. The second kappa shape index (κ2) is 10.5. The van der Waals surface area contributed by atoms with Crippen LogP contribution >= 0.6 is 0 Å². The van der Waals surface area contributed by atoms with E-state index in [1.165, 1.54) is 58.8 Å². The number of hydrogen-bond donors (Lipinski definition) is 0. The van der Waals surface area contributed by atoms with Crippen molar-refractivity contribution in [2.45, 2.75) is 13.2 Å². The first-order valence-electron chi connectivity index (χ1n) is 9.33. The van der Waals surface area contributed by atoms with Crippen LogP contribution in [0.2, 0.25) is 0 Å². The van der Waals surface area contributed by atoms with Crippen molar-refractivity contribution in [3.8, 4) is 40.1 Å². The number of esters is 1. The van der Waals surface area contributed by atoms with E-state index in [0.29, 0.717) is 11.3 Å². The molecule has 0 saturated heterocycles. The monoisotopic (exact) mass is 466 g/mol. The zero-order chi connectivity index (χ0) is 24.0. The summed E-state index contributed by atoms with van der Waals surface area (Å²) in [5.74, 6) is 0.102. The minimum absolute atomic E-state index is 0.00432. The highest BCUT2D eigenvalue weighted by Gasteiger charge is 2.23. The molecule has 1 heterocycles. The summed E-state index contributed by atoms with van der Waals surface area (Å²) in [5, 5.41) is 3.80. The molecule has 10 nitrogen and oxygen atoms in total. The molecule has 0 aliphatic carbocycles. The summed E-state index contributed by atoms with van der Waals surface area (Å²) < 4.78 is 60.5. The van der Waals surface area contributed by atoms with Crippen LogP contribution in [0.25, 0.3) is 11.4 Å². The zero-order valence-corrected chi connectivity index (χ0v) is 18.1. The summed E-state index contributed by atoms with van der Waals surface area (Å²) in [6.07, 6.45) is 0. The topological polar surface area (TPSA) is 111 Å². The molecule has 0 amide bonds. The van der Waals surface area contributed by atoms with Crippen molar-refractivity contribution in [2.24, 2.45) is 0 Å². The number of carbonyl (C=O) groups excluding carboxylic acids is 1. The number of methoxy groups -OCH3 is 4. The van der Waals surface area contributed by atoms with Crippen LogP contribution in [0.3, 0.4) is 0 Å². The Balaban J connectivity index is 1.74. The van der Waals surface area contributed by atoms with Crippen molar-refractivity contribution in [3.63, 3.8) is 0 Å². The minimum Gasteiger partial charge on any atom is -0.493 e. The molecular weight excluding hydrogens is 446 g/mol. The first-order chi connectivity index (χ1) is 15.9. The van der Waals surface area contributed by atoms with Crippen LogP contribution in [-0.2, 0) is 11.3 Å². The number of nitrogens with zero attached hydrogens (tertiary/aromatic N) is 2. The predicted molar refractivity (Wildman–Crippen MR) is 108 cm³/mol. The van der Waals surface area contributed by atoms with E-state index in [2.05, 4.69) is 14.9 Å². The second-order valence-corrected chi connectivity index (χ2v) is 6.21. The standard InChI is InChI=1S/C21H20F2N2O8/c1-27-14-8-6-12(17(29-3)18(14)30-4)20(26)31-10-16-24-19(25-33-16)11-5-7-13(32-21(22)23)15(9-11)28-2/h5-9,21H,10H2,1-4H3. The Morgan fingerprint density at radius 1 is 0.939 bits per heavy atom. The van der Waals surface area contributed by atoms with Crippen LogP contribution in [0.1, 0.15) is 16.2 Å². The van der Waals surface area contributed by atoms with Gasteiger partial charge in [-0.25, -0.2) is 4.79 Å². The Morgan fingerprint density at radius 2 is 1.64 bits per heavy atom. The molecule has 0 N–H and O–H groups in total. The molecule has 0 aliphatic rings. The highest BCUT2D eigenvalue weighted by Crippen LogP contribution is 2.40. The molecule has 0 fully saturated rings. The van der Waals surface area contributed by atoms with Crippen LogP contribution in [0, 0.1) is 0 Å². The number of benzene rings is 2. The van der Waals surface area contributed by atoms with Gasteiger partial charge in [0.15, 0.2) is 29.6 Å². The lowest BCUT2D eigenvalue weighted by atomic mass is 10.1. The Kier molecular flexibility index (Phi) is 7.49. The van der Waals surface area contributed by atoms with Gasteiger partial charge >= 0.3 is 12.6 Å². The fourth-order valence-corrected chi connectivity index (χ4v) is 2.90. The van der Waals surface area contributed by atoms with Crippen molar-refractivity contribution in [3.05, 3.63) is 41.8 Å². The summed E-state index contributed by atoms with van der Waals surface area (Å²) >= 11 is 0. The molecule has 33 heavy (non-hydrogen) atoms. The highest BCUT2D eigenvalue weighted by atomic mass is 19.3. The van der Waals surface area contributed by atoms with E-state index >= 15 is 0 Å². The van der Waals surface area contributed by atoms with Crippen molar-refractivity contribution >= 4 is 5.97 Å². The number of hydrogen-bond acceptors (Lipinski definition) is 10. The highest BCUT2D eigenvalue weighted by molar-refractivity contribution is 5.94. The summed E-state index contributed by atoms with van der Waals surface area (Å²) in [7, 11) is 5.55. The third kappa shape index (κ3) is 5.22. The number of ether oxygens (including phenoxy) is 6. The molecule has 12 heteroatoms. The fraction of sp³-hybridized carbons (Fsp3) is 0.286. The lowest BCUT2D eigenvalue weighted by Gasteiger charge is -2.14. The molecule has 0 spiro atoms. The van der Waals surface area contributed by atoms with Gasteiger partial charge in [0.1, 0.15) is 5.56 Å². The Labute approximate surface area is 186 Å². The first kappa shape index (κ1) is 23.6. The molecule has 1 aromatic heterocycles. The lowest BCUT2D eigenvalue weighted by Crippen LogP contribution is -2.09. The second-order valence-electron chi connectivity index (χ2n) is 6.21. The molecular formula is C21H20F2N2O8. The molecule has 0 aliphatic heterocycles. The maximum atomic E-state index is 12.6. The van der Waals surface area contributed by atoms with E-state index in [9.17, 15) is 13.6 Å². The van der Waals surface area contributed by atoms with Gasteiger partial charge in [-0.3, -0.25) is 0 Å². The SMILES string of the molecule is COc1cc(-c2noc(COC(=O)c3ccc(OC)c(OC)c3OC)n2)ccc1OC(F)F. The van der Waals surface area contributed by atoms with Gasteiger partial charge in [0, 0.05) is 5.56 Å². The van der Waals surface area contributed by atoms with Crippen molar-refractivity contribution in [1.29, 1.82) is 0 Å². The minimum atomic E-state index is -3.00. The van der Waals surface area contributed by atoms with Gasteiger partial charge in [-0.15, -0.1) is 0 Å². The quantitative estimate of drug-likeness (QED) is 0.410. The molecule has 3 rings (SSSR count). The van der Waals surface area contributed by atoms with Crippen molar-refractivity contribution < 1.29 is 46.5 Å².